The van der Waals surface area contributed by atoms with Crippen LogP contribution in [0, 0.1) is 0 Å². The quantitative estimate of drug-likeness (QED) is 0.854. The van der Waals surface area contributed by atoms with Crippen molar-refractivity contribution in [2.24, 2.45) is 0 Å². The van der Waals surface area contributed by atoms with Crippen LogP contribution in [0.3, 0.4) is 0 Å². The zero-order valence-corrected chi connectivity index (χ0v) is 14.4. The summed E-state index contributed by atoms with van der Waals surface area (Å²) in [6, 6.07) is 10.5. The number of ether oxygens (including phenoxy) is 1. The van der Waals surface area contributed by atoms with Crippen molar-refractivity contribution < 1.29 is 19.4 Å². The summed E-state index contributed by atoms with van der Waals surface area (Å²) in [6.45, 7) is 7.30. The predicted octanol–water partition coefficient (Wildman–Crippen LogP) is 3.35. The lowest BCUT2D eigenvalue weighted by molar-refractivity contribution is -0.138. The van der Waals surface area contributed by atoms with E-state index in [1.165, 1.54) is 6.07 Å². The second-order valence-corrected chi connectivity index (χ2v) is 6.25. The van der Waals surface area contributed by atoms with Crippen LogP contribution >= 0.6 is 0 Å². The minimum absolute atomic E-state index is 0.0188. The Morgan fingerprint density at radius 3 is 2.29 bits per heavy atom. The first-order valence-electron chi connectivity index (χ1n) is 8.02. The summed E-state index contributed by atoms with van der Waals surface area (Å²) in [5, 5.41) is 11.7. The molecule has 0 aliphatic carbocycles. The molecule has 5 nitrogen and oxygen atoms in total. The third-order valence-corrected chi connectivity index (χ3v) is 3.85. The normalized spacial score (nSPS) is 11.1. The molecular weight excluding hydrogens is 306 g/mol. The zero-order chi connectivity index (χ0) is 17.9. The van der Waals surface area contributed by atoms with Crippen LogP contribution in [0.2, 0.25) is 0 Å². The van der Waals surface area contributed by atoms with Crippen molar-refractivity contribution in [3.8, 4) is 5.75 Å². The molecule has 0 heterocycles. The van der Waals surface area contributed by atoms with Crippen LogP contribution in [0.1, 0.15) is 38.1 Å². The van der Waals surface area contributed by atoms with Gasteiger partial charge < -0.3 is 14.7 Å². The molecule has 0 bridgehead atoms. The number of aromatic hydroxyl groups is 1. The van der Waals surface area contributed by atoms with E-state index in [0.717, 1.165) is 5.39 Å². The number of phenols is 1. The Hall–Kier alpha value is -2.56. The topological polar surface area (TPSA) is 66.8 Å². The Kier molecular flexibility index (Phi) is 5.44. The maximum absolute atomic E-state index is 12.2. The largest absolute Gasteiger partial charge is 0.506 e. The molecule has 0 saturated carbocycles. The Bertz CT molecular complexity index is 744. The van der Waals surface area contributed by atoms with Gasteiger partial charge in [-0.25, -0.2) is 4.79 Å². The summed E-state index contributed by atoms with van der Waals surface area (Å²) >= 11 is 0. The summed E-state index contributed by atoms with van der Waals surface area (Å²) in [5.41, 5.74) is 0.0575. The summed E-state index contributed by atoms with van der Waals surface area (Å²) < 4.78 is 5.11. The average molecular weight is 329 g/mol. The first-order chi connectivity index (χ1) is 11.3. The second kappa shape index (κ2) is 7.34. The van der Waals surface area contributed by atoms with Gasteiger partial charge >= 0.3 is 5.97 Å². The van der Waals surface area contributed by atoms with Gasteiger partial charge in [0.05, 0.1) is 0 Å². The van der Waals surface area contributed by atoms with Gasteiger partial charge in [-0.05, 0) is 39.1 Å². The number of carbonyl (C=O) groups excluding carboxylic acids is 2. The fourth-order valence-corrected chi connectivity index (χ4v) is 2.87. The third kappa shape index (κ3) is 3.67. The standard InChI is InChI=1S/C19H23NO4/c1-12(2)20(13(3)4)17(21)11-24-19(23)16-10-9-14-7-5-6-8-15(14)18(16)22/h5-10,12-13,22H,11H2,1-4H3. The van der Waals surface area contributed by atoms with Gasteiger partial charge in [0.15, 0.2) is 6.61 Å². The van der Waals surface area contributed by atoms with Gasteiger partial charge in [0.1, 0.15) is 11.3 Å². The zero-order valence-electron chi connectivity index (χ0n) is 14.4. The van der Waals surface area contributed by atoms with Gasteiger partial charge in [0.2, 0.25) is 0 Å². The molecule has 0 unspecified atom stereocenters. The number of hydrogen-bond donors (Lipinski definition) is 1. The van der Waals surface area contributed by atoms with Crippen molar-refractivity contribution in [1.29, 1.82) is 0 Å². The van der Waals surface area contributed by atoms with Crippen molar-refractivity contribution >= 4 is 22.6 Å². The van der Waals surface area contributed by atoms with E-state index in [2.05, 4.69) is 0 Å². The lowest BCUT2D eigenvalue weighted by Gasteiger charge is -2.30. The van der Waals surface area contributed by atoms with Crippen LogP contribution in [-0.2, 0) is 9.53 Å². The lowest BCUT2D eigenvalue weighted by atomic mass is 10.1. The number of hydrogen-bond acceptors (Lipinski definition) is 4. The SMILES string of the molecule is CC(C)N(C(=O)COC(=O)c1ccc2ccccc2c1O)C(C)C. The molecular formula is C19H23NO4. The second-order valence-electron chi connectivity index (χ2n) is 6.25. The van der Waals surface area contributed by atoms with E-state index < -0.39 is 5.97 Å². The number of carbonyl (C=O) groups is 2. The smallest absolute Gasteiger partial charge is 0.342 e. The number of esters is 1. The van der Waals surface area contributed by atoms with Crippen LogP contribution < -0.4 is 0 Å². The van der Waals surface area contributed by atoms with Gasteiger partial charge in [-0.2, -0.15) is 0 Å². The summed E-state index contributed by atoms with van der Waals surface area (Å²) in [5.74, 6) is -1.09. The van der Waals surface area contributed by atoms with E-state index >= 15 is 0 Å². The fourth-order valence-electron chi connectivity index (χ4n) is 2.87. The monoisotopic (exact) mass is 329 g/mol. The Labute approximate surface area is 141 Å². The van der Waals surface area contributed by atoms with E-state index in [9.17, 15) is 14.7 Å². The minimum Gasteiger partial charge on any atom is -0.506 e. The molecule has 0 atom stereocenters. The summed E-state index contributed by atoms with van der Waals surface area (Å²) in [7, 11) is 0. The molecule has 0 radical (unpaired) electrons. The third-order valence-electron chi connectivity index (χ3n) is 3.85. The first kappa shape index (κ1) is 17.8. The van der Waals surface area contributed by atoms with Gasteiger partial charge in [0, 0.05) is 17.5 Å². The highest BCUT2D eigenvalue weighted by atomic mass is 16.5. The number of nitrogens with zero attached hydrogens (tertiary/aromatic N) is 1. The highest BCUT2D eigenvalue weighted by Gasteiger charge is 2.22. The van der Waals surface area contributed by atoms with E-state index in [1.807, 2.05) is 39.8 Å². The first-order valence-corrected chi connectivity index (χ1v) is 8.02. The lowest BCUT2D eigenvalue weighted by Crippen LogP contribution is -2.44. The fraction of sp³-hybridized carbons (Fsp3) is 0.368. The molecule has 0 fully saturated rings. The molecule has 0 spiro atoms. The number of amides is 1. The predicted molar refractivity (Wildman–Crippen MR) is 93.0 cm³/mol. The molecule has 128 valence electrons. The van der Waals surface area contributed by atoms with Crippen molar-refractivity contribution in [2.45, 2.75) is 39.8 Å². The van der Waals surface area contributed by atoms with E-state index in [1.54, 1.807) is 23.1 Å². The van der Waals surface area contributed by atoms with Crippen molar-refractivity contribution in [3.63, 3.8) is 0 Å². The number of rotatable bonds is 5. The minimum atomic E-state index is -0.709. The maximum Gasteiger partial charge on any atom is 0.342 e. The molecule has 1 N–H and O–H groups in total. The molecule has 0 aliphatic heterocycles. The molecule has 0 saturated heterocycles. The van der Waals surface area contributed by atoms with Gasteiger partial charge in [0.25, 0.3) is 5.91 Å². The van der Waals surface area contributed by atoms with Gasteiger partial charge in [-0.15, -0.1) is 0 Å². The molecule has 2 aromatic carbocycles. The Balaban J connectivity index is 2.13. The maximum atomic E-state index is 12.2. The molecule has 2 aromatic rings. The van der Waals surface area contributed by atoms with Crippen molar-refractivity contribution in [1.82, 2.24) is 4.90 Å². The van der Waals surface area contributed by atoms with E-state index in [-0.39, 0.29) is 35.9 Å². The van der Waals surface area contributed by atoms with Crippen LogP contribution in [-0.4, -0.2) is 40.6 Å². The van der Waals surface area contributed by atoms with Crippen LogP contribution in [0.25, 0.3) is 10.8 Å². The van der Waals surface area contributed by atoms with Crippen molar-refractivity contribution in [2.75, 3.05) is 6.61 Å². The summed E-state index contributed by atoms with van der Waals surface area (Å²) in [6.07, 6.45) is 0. The average Bonchev–Trinajstić information content (AvgIpc) is 2.52. The molecule has 5 heteroatoms. The molecule has 24 heavy (non-hydrogen) atoms. The van der Waals surface area contributed by atoms with Gasteiger partial charge in [-0.3, -0.25) is 4.79 Å². The van der Waals surface area contributed by atoms with Crippen LogP contribution in [0.5, 0.6) is 5.75 Å². The van der Waals surface area contributed by atoms with E-state index in [4.69, 9.17) is 4.74 Å². The molecule has 0 aliphatic rings. The highest BCUT2D eigenvalue weighted by Crippen LogP contribution is 2.29. The van der Waals surface area contributed by atoms with E-state index in [0.29, 0.717) is 5.39 Å². The Morgan fingerprint density at radius 1 is 1.04 bits per heavy atom. The molecule has 2 rings (SSSR count). The number of benzene rings is 2. The molecule has 1 amide bonds. The van der Waals surface area contributed by atoms with Gasteiger partial charge in [-0.1, -0.05) is 30.3 Å². The van der Waals surface area contributed by atoms with Crippen molar-refractivity contribution in [3.05, 3.63) is 42.0 Å². The molecule has 0 aromatic heterocycles. The number of phenolic OH excluding ortho intramolecular Hbond substituents is 1. The Morgan fingerprint density at radius 2 is 1.67 bits per heavy atom. The highest BCUT2D eigenvalue weighted by molar-refractivity contribution is 6.01. The van der Waals surface area contributed by atoms with Crippen LogP contribution in [0.4, 0.5) is 0 Å². The van der Waals surface area contributed by atoms with Crippen LogP contribution in [0.15, 0.2) is 36.4 Å². The number of fused-ring (bicyclic) bond motifs is 1. The summed E-state index contributed by atoms with van der Waals surface area (Å²) in [4.78, 5) is 26.1.